The van der Waals surface area contributed by atoms with E-state index in [2.05, 4.69) is 31.2 Å². The van der Waals surface area contributed by atoms with E-state index in [1.54, 1.807) is 31.7 Å². The summed E-state index contributed by atoms with van der Waals surface area (Å²) >= 11 is 3.26. The number of rotatable bonds is 3. The molecular weight excluding hydrogens is 285 g/mol. The maximum atomic E-state index is 13.5. The van der Waals surface area contributed by atoms with E-state index >= 15 is 0 Å². The molecule has 5 heteroatoms. The molecule has 1 aromatic carbocycles. The molecule has 0 saturated heterocycles. The molecule has 2 rings (SSSR count). The zero-order chi connectivity index (χ0) is 12.3. The average molecular weight is 296 g/mol. The molecule has 0 aliphatic carbocycles. The van der Waals surface area contributed by atoms with Gasteiger partial charge in [0.25, 0.3) is 0 Å². The highest BCUT2D eigenvalue weighted by molar-refractivity contribution is 9.10. The fourth-order valence-electron chi connectivity index (χ4n) is 1.67. The lowest BCUT2D eigenvalue weighted by molar-refractivity contribution is 0.604. The van der Waals surface area contributed by atoms with Crippen molar-refractivity contribution in [2.75, 3.05) is 7.05 Å². The van der Waals surface area contributed by atoms with Gasteiger partial charge in [-0.05, 0) is 34.6 Å². The lowest BCUT2D eigenvalue weighted by Gasteiger charge is -2.17. The van der Waals surface area contributed by atoms with Crippen molar-refractivity contribution in [3.63, 3.8) is 0 Å². The number of halogens is 2. The van der Waals surface area contributed by atoms with E-state index in [4.69, 9.17) is 0 Å². The van der Waals surface area contributed by atoms with Crippen molar-refractivity contribution in [3.05, 3.63) is 58.3 Å². The Morgan fingerprint density at radius 1 is 1.35 bits per heavy atom. The van der Waals surface area contributed by atoms with Crippen LogP contribution in [0.3, 0.4) is 0 Å². The molecule has 0 spiro atoms. The van der Waals surface area contributed by atoms with Gasteiger partial charge < -0.3 is 5.32 Å². The summed E-state index contributed by atoms with van der Waals surface area (Å²) in [7, 11) is 1.80. The van der Waals surface area contributed by atoms with Crippen LogP contribution in [0.15, 0.2) is 41.3 Å². The summed E-state index contributed by atoms with van der Waals surface area (Å²) in [5.74, 6) is -0.286. The molecule has 0 saturated carbocycles. The smallest absolute Gasteiger partial charge is 0.137 e. The first-order valence-corrected chi connectivity index (χ1v) is 5.90. The molecule has 1 N–H and O–H groups in total. The minimum absolute atomic E-state index is 0.186. The molecule has 0 fully saturated rings. The minimum Gasteiger partial charge on any atom is -0.308 e. The Kier molecular flexibility index (Phi) is 3.81. The van der Waals surface area contributed by atoms with Gasteiger partial charge in [0.1, 0.15) is 5.82 Å². The molecule has 1 heterocycles. The molecule has 88 valence electrons. The van der Waals surface area contributed by atoms with Gasteiger partial charge in [0.05, 0.1) is 22.4 Å². The number of hydrogen-bond acceptors (Lipinski definition) is 3. The van der Waals surface area contributed by atoms with E-state index < -0.39 is 0 Å². The first-order valence-electron chi connectivity index (χ1n) is 5.11. The molecule has 0 radical (unpaired) electrons. The molecule has 2 aromatic rings. The Labute approximate surface area is 107 Å². The van der Waals surface area contributed by atoms with Crippen LogP contribution in [-0.2, 0) is 0 Å². The van der Waals surface area contributed by atoms with Gasteiger partial charge in [-0.3, -0.25) is 9.97 Å². The van der Waals surface area contributed by atoms with E-state index in [1.807, 2.05) is 6.07 Å². The van der Waals surface area contributed by atoms with E-state index in [9.17, 15) is 4.39 Å². The van der Waals surface area contributed by atoms with Crippen molar-refractivity contribution in [2.45, 2.75) is 6.04 Å². The molecule has 17 heavy (non-hydrogen) atoms. The van der Waals surface area contributed by atoms with Crippen LogP contribution in [-0.4, -0.2) is 17.0 Å². The van der Waals surface area contributed by atoms with Crippen molar-refractivity contribution in [1.29, 1.82) is 0 Å². The molecule has 1 unspecified atom stereocenters. The molecule has 3 nitrogen and oxygen atoms in total. The summed E-state index contributed by atoms with van der Waals surface area (Å²) in [6.07, 6.45) is 4.89. The second-order valence-electron chi connectivity index (χ2n) is 3.50. The topological polar surface area (TPSA) is 37.8 Å². The van der Waals surface area contributed by atoms with Crippen molar-refractivity contribution in [3.8, 4) is 0 Å². The zero-order valence-corrected chi connectivity index (χ0v) is 10.8. The van der Waals surface area contributed by atoms with Gasteiger partial charge in [0.15, 0.2) is 0 Å². The Balaban J connectivity index is 2.46. The van der Waals surface area contributed by atoms with Gasteiger partial charge in [-0.15, -0.1) is 0 Å². The predicted octanol–water partition coefficient (Wildman–Crippen LogP) is 2.69. The minimum atomic E-state index is -0.286. The molecule has 0 bridgehead atoms. The van der Waals surface area contributed by atoms with Gasteiger partial charge in [0.2, 0.25) is 0 Å². The Morgan fingerprint density at radius 2 is 2.18 bits per heavy atom. The van der Waals surface area contributed by atoms with Crippen LogP contribution in [0.2, 0.25) is 0 Å². The monoisotopic (exact) mass is 295 g/mol. The fourth-order valence-corrected chi connectivity index (χ4v) is 2.16. The van der Waals surface area contributed by atoms with Gasteiger partial charge in [-0.2, -0.15) is 0 Å². The molecule has 0 aliphatic heterocycles. The van der Waals surface area contributed by atoms with Crippen molar-refractivity contribution in [1.82, 2.24) is 15.3 Å². The Bertz CT molecular complexity index is 504. The Hall–Kier alpha value is -1.33. The molecule has 0 aliphatic rings. The lowest BCUT2D eigenvalue weighted by Crippen LogP contribution is -2.19. The second-order valence-corrected chi connectivity index (χ2v) is 4.29. The summed E-state index contributed by atoms with van der Waals surface area (Å²) in [6, 6.07) is 4.75. The zero-order valence-electron chi connectivity index (χ0n) is 9.19. The normalized spacial score (nSPS) is 12.4. The van der Waals surface area contributed by atoms with Crippen LogP contribution in [0.5, 0.6) is 0 Å². The first kappa shape index (κ1) is 12.1. The van der Waals surface area contributed by atoms with Crippen molar-refractivity contribution in [2.24, 2.45) is 0 Å². The summed E-state index contributed by atoms with van der Waals surface area (Å²) in [5, 5.41) is 3.10. The third-order valence-electron chi connectivity index (χ3n) is 2.46. The van der Waals surface area contributed by atoms with E-state index in [1.165, 1.54) is 6.07 Å². The van der Waals surface area contributed by atoms with Crippen LogP contribution < -0.4 is 5.32 Å². The number of nitrogens with zero attached hydrogens (tertiary/aromatic N) is 2. The van der Waals surface area contributed by atoms with Gasteiger partial charge >= 0.3 is 0 Å². The molecule has 0 amide bonds. The molecule has 1 aromatic heterocycles. The van der Waals surface area contributed by atoms with Crippen molar-refractivity contribution >= 4 is 15.9 Å². The average Bonchev–Trinajstić information content (AvgIpc) is 2.37. The lowest BCUT2D eigenvalue weighted by atomic mass is 10.0. The number of hydrogen-bond donors (Lipinski definition) is 1. The van der Waals surface area contributed by atoms with E-state index in [-0.39, 0.29) is 11.9 Å². The highest BCUT2D eigenvalue weighted by Gasteiger charge is 2.17. The van der Waals surface area contributed by atoms with E-state index in [0.717, 1.165) is 11.3 Å². The summed E-state index contributed by atoms with van der Waals surface area (Å²) in [6.45, 7) is 0. The van der Waals surface area contributed by atoms with Crippen LogP contribution in [0, 0.1) is 5.82 Å². The van der Waals surface area contributed by atoms with Crippen molar-refractivity contribution < 1.29 is 4.39 Å². The van der Waals surface area contributed by atoms with Crippen LogP contribution in [0.4, 0.5) is 4.39 Å². The first-order chi connectivity index (χ1) is 8.24. The maximum Gasteiger partial charge on any atom is 0.137 e. The SMILES string of the molecule is CNC(c1cnccn1)c1cccc(F)c1Br. The standard InChI is InChI=1S/C12H11BrFN3/c1-15-12(10-7-16-5-6-17-10)8-3-2-4-9(14)11(8)13/h2-7,12,15H,1H3. The summed E-state index contributed by atoms with van der Waals surface area (Å²) < 4.78 is 13.9. The van der Waals surface area contributed by atoms with Crippen LogP contribution in [0.25, 0.3) is 0 Å². The quantitative estimate of drug-likeness (QED) is 0.946. The molecule has 1 atom stereocenters. The van der Waals surface area contributed by atoms with E-state index in [0.29, 0.717) is 4.47 Å². The van der Waals surface area contributed by atoms with Crippen LogP contribution in [0.1, 0.15) is 17.3 Å². The third-order valence-corrected chi connectivity index (χ3v) is 3.30. The second kappa shape index (κ2) is 5.33. The number of nitrogens with one attached hydrogen (secondary N) is 1. The molecular formula is C12H11BrFN3. The van der Waals surface area contributed by atoms with Gasteiger partial charge in [0, 0.05) is 12.4 Å². The van der Waals surface area contributed by atoms with Gasteiger partial charge in [-0.25, -0.2) is 4.39 Å². The number of aromatic nitrogens is 2. The van der Waals surface area contributed by atoms with Crippen LogP contribution >= 0.6 is 15.9 Å². The van der Waals surface area contributed by atoms with Gasteiger partial charge in [-0.1, -0.05) is 12.1 Å². The highest BCUT2D eigenvalue weighted by Crippen LogP contribution is 2.28. The Morgan fingerprint density at radius 3 is 2.82 bits per heavy atom. The third kappa shape index (κ3) is 2.50. The number of benzene rings is 1. The highest BCUT2D eigenvalue weighted by atomic mass is 79.9. The summed E-state index contributed by atoms with van der Waals surface area (Å²) in [5.41, 5.74) is 1.55. The summed E-state index contributed by atoms with van der Waals surface area (Å²) in [4.78, 5) is 8.25. The largest absolute Gasteiger partial charge is 0.308 e. The maximum absolute atomic E-state index is 13.5. The predicted molar refractivity (Wildman–Crippen MR) is 67.0 cm³/mol. The fraction of sp³-hybridized carbons (Fsp3) is 0.167.